The summed E-state index contributed by atoms with van der Waals surface area (Å²) >= 11 is 1.95. The highest BCUT2D eigenvalue weighted by Gasteiger charge is 2.17. The van der Waals surface area contributed by atoms with Gasteiger partial charge >= 0.3 is 0 Å². The summed E-state index contributed by atoms with van der Waals surface area (Å²) in [6, 6.07) is 0.792. The van der Waals surface area contributed by atoms with Crippen molar-refractivity contribution in [1.82, 2.24) is 10.2 Å². The molecule has 1 aliphatic rings. The van der Waals surface area contributed by atoms with E-state index in [0.29, 0.717) is 0 Å². The van der Waals surface area contributed by atoms with Crippen LogP contribution in [0.3, 0.4) is 0 Å². The Morgan fingerprint density at radius 2 is 2.07 bits per heavy atom. The SMILES string of the molecule is CCCN1CCC(NCCCSC)CC1. The largest absolute Gasteiger partial charge is 0.314 e. The number of hydrogen-bond acceptors (Lipinski definition) is 3. The standard InChI is InChI=1S/C12H26N2S/c1-3-8-14-9-5-12(6-10-14)13-7-4-11-15-2/h12-13H,3-11H2,1-2H3. The van der Waals surface area contributed by atoms with Crippen LogP contribution in [0.1, 0.15) is 32.6 Å². The molecule has 15 heavy (non-hydrogen) atoms. The molecule has 90 valence electrons. The third kappa shape index (κ3) is 5.79. The van der Waals surface area contributed by atoms with Crippen LogP contribution in [0.4, 0.5) is 0 Å². The van der Waals surface area contributed by atoms with Crippen LogP contribution >= 0.6 is 11.8 Å². The Balaban J connectivity index is 1.99. The molecule has 0 atom stereocenters. The Bertz CT molecular complexity index is 142. The summed E-state index contributed by atoms with van der Waals surface area (Å²) in [6.45, 7) is 7.37. The number of thioether (sulfide) groups is 1. The van der Waals surface area contributed by atoms with E-state index >= 15 is 0 Å². The average molecular weight is 230 g/mol. The van der Waals surface area contributed by atoms with Gasteiger partial charge in [0.2, 0.25) is 0 Å². The van der Waals surface area contributed by atoms with Crippen molar-refractivity contribution in [3.8, 4) is 0 Å². The molecule has 1 rings (SSSR count). The first-order valence-corrected chi connectivity index (χ1v) is 7.71. The van der Waals surface area contributed by atoms with Gasteiger partial charge in [-0.3, -0.25) is 0 Å². The van der Waals surface area contributed by atoms with E-state index in [-0.39, 0.29) is 0 Å². The highest BCUT2D eigenvalue weighted by atomic mass is 32.2. The fourth-order valence-corrected chi connectivity index (χ4v) is 2.63. The molecular formula is C12H26N2S. The van der Waals surface area contributed by atoms with Crippen molar-refractivity contribution in [2.75, 3.05) is 38.2 Å². The molecular weight excluding hydrogens is 204 g/mol. The number of likely N-dealkylation sites (tertiary alicyclic amines) is 1. The minimum Gasteiger partial charge on any atom is -0.314 e. The molecule has 1 fully saturated rings. The molecule has 0 spiro atoms. The lowest BCUT2D eigenvalue weighted by Crippen LogP contribution is -2.43. The van der Waals surface area contributed by atoms with Gasteiger partial charge in [0.1, 0.15) is 0 Å². The smallest absolute Gasteiger partial charge is 0.00914 e. The van der Waals surface area contributed by atoms with Gasteiger partial charge in [0.05, 0.1) is 0 Å². The van der Waals surface area contributed by atoms with Gasteiger partial charge in [-0.2, -0.15) is 11.8 Å². The Hall–Kier alpha value is 0.270. The van der Waals surface area contributed by atoms with Crippen LogP contribution in [-0.4, -0.2) is 49.1 Å². The lowest BCUT2D eigenvalue weighted by Gasteiger charge is -2.32. The normalized spacial score (nSPS) is 19.6. The minimum absolute atomic E-state index is 0.792. The van der Waals surface area contributed by atoms with Gasteiger partial charge in [0, 0.05) is 6.04 Å². The number of piperidine rings is 1. The lowest BCUT2D eigenvalue weighted by molar-refractivity contribution is 0.198. The van der Waals surface area contributed by atoms with E-state index in [1.165, 1.54) is 57.6 Å². The maximum atomic E-state index is 3.68. The molecule has 0 aromatic rings. The maximum Gasteiger partial charge on any atom is 0.00914 e. The van der Waals surface area contributed by atoms with Crippen LogP contribution in [-0.2, 0) is 0 Å². The minimum atomic E-state index is 0.792. The molecule has 0 aromatic heterocycles. The molecule has 0 saturated carbocycles. The summed E-state index contributed by atoms with van der Waals surface area (Å²) < 4.78 is 0. The van der Waals surface area contributed by atoms with Crippen molar-refractivity contribution >= 4 is 11.8 Å². The summed E-state index contributed by atoms with van der Waals surface area (Å²) in [7, 11) is 0. The molecule has 1 aliphatic heterocycles. The van der Waals surface area contributed by atoms with Gasteiger partial charge in [0.15, 0.2) is 0 Å². The number of hydrogen-bond donors (Lipinski definition) is 1. The van der Waals surface area contributed by atoms with Gasteiger partial charge in [-0.05, 0) is 63.9 Å². The van der Waals surface area contributed by atoms with E-state index in [2.05, 4.69) is 23.4 Å². The topological polar surface area (TPSA) is 15.3 Å². The summed E-state index contributed by atoms with van der Waals surface area (Å²) in [4.78, 5) is 2.60. The van der Waals surface area contributed by atoms with Crippen molar-refractivity contribution in [2.24, 2.45) is 0 Å². The first kappa shape index (κ1) is 13.3. The second kappa shape index (κ2) is 8.43. The van der Waals surface area contributed by atoms with Gasteiger partial charge in [-0.15, -0.1) is 0 Å². The second-order valence-corrected chi connectivity index (χ2v) is 5.40. The predicted molar refractivity (Wildman–Crippen MR) is 70.8 cm³/mol. The second-order valence-electron chi connectivity index (χ2n) is 4.42. The fraction of sp³-hybridized carbons (Fsp3) is 1.00. The molecule has 2 nitrogen and oxygen atoms in total. The van der Waals surface area contributed by atoms with E-state index < -0.39 is 0 Å². The van der Waals surface area contributed by atoms with E-state index in [1.807, 2.05) is 11.8 Å². The molecule has 1 N–H and O–H groups in total. The van der Waals surface area contributed by atoms with Crippen molar-refractivity contribution < 1.29 is 0 Å². The van der Waals surface area contributed by atoms with E-state index in [4.69, 9.17) is 0 Å². The Morgan fingerprint density at radius 1 is 1.33 bits per heavy atom. The summed E-state index contributed by atoms with van der Waals surface area (Å²) in [5.74, 6) is 1.29. The Labute approximate surface area is 99.2 Å². The molecule has 0 amide bonds. The zero-order valence-corrected chi connectivity index (χ0v) is 11.1. The van der Waals surface area contributed by atoms with Gasteiger partial charge in [0.25, 0.3) is 0 Å². The summed E-state index contributed by atoms with van der Waals surface area (Å²) in [5.41, 5.74) is 0. The van der Waals surface area contributed by atoms with E-state index in [1.54, 1.807) is 0 Å². The third-order valence-corrected chi connectivity index (χ3v) is 3.78. The average Bonchev–Trinajstić information content (AvgIpc) is 2.27. The van der Waals surface area contributed by atoms with Crippen molar-refractivity contribution in [3.05, 3.63) is 0 Å². The van der Waals surface area contributed by atoms with Crippen LogP contribution < -0.4 is 5.32 Å². The molecule has 0 aromatic carbocycles. The van der Waals surface area contributed by atoms with Crippen LogP contribution in [0, 0.1) is 0 Å². The quantitative estimate of drug-likeness (QED) is 0.675. The zero-order valence-electron chi connectivity index (χ0n) is 10.3. The van der Waals surface area contributed by atoms with Crippen molar-refractivity contribution in [2.45, 2.75) is 38.6 Å². The zero-order chi connectivity index (χ0) is 10.9. The van der Waals surface area contributed by atoms with Crippen LogP contribution in [0.2, 0.25) is 0 Å². The van der Waals surface area contributed by atoms with Crippen LogP contribution in [0.5, 0.6) is 0 Å². The van der Waals surface area contributed by atoms with E-state index in [0.717, 1.165) is 6.04 Å². The lowest BCUT2D eigenvalue weighted by atomic mass is 10.0. The summed E-state index contributed by atoms with van der Waals surface area (Å²) in [6.07, 6.45) is 7.49. The molecule has 0 radical (unpaired) electrons. The third-order valence-electron chi connectivity index (χ3n) is 3.09. The number of nitrogens with one attached hydrogen (secondary N) is 1. The Morgan fingerprint density at radius 3 is 2.67 bits per heavy atom. The van der Waals surface area contributed by atoms with Crippen LogP contribution in [0.15, 0.2) is 0 Å². The van der Waals surface area contributed by atoms with Gasteiger partial charge < -0.3 is 10.2 Å². The maximum absolute atomic E-state index is 3.68. The molecule has 0 unspecified atom stereocenters. The number of rotatable bonds is 7. The highest BCUT2D eigenvalue weighted by molar-refractivity contribution is 7.98. The molecule has 0 aliphatic carbocycles. The molecule has 1 saturated heterocycles. The van der Waals surface area contributed by atoms with Gasteiger partial charge in [-0.1, -0.05) is 6.92 Å². The molecule has 0 bridgehead atoms. The number of nitrogens with zero attached hydrogens (tertiary/aromatic N) is 1. The van der Waals surface area contributed by atoms with Crippen molar-refractivity contribution in [1.29, 1.82) is 0 Å². The highest BCUT2D eigenvalue weighted by Crippen LogP contribution is 2.10. The van der Waals surface area contributed by atoms with Crippen LogP contribution in [0.25, 0.3) is 0 Å². The Kier molecular flexibility index (Phi) is 7.49. The van der Waals surface area contributed by atoms with E-state index in [9.17, 15) is 0 Å². The predicted octanol–water partition coefficient (Wildman–Crippen LogP) is 2.20. The molecule has 3 heteroatoms. The first-order valence-electron chi connectivity index (χ1n) is 6.31. The van der Waals surface area contributed by atoms with Crippen molar-refractivity contribution in [3.63, 3.8) is 0 Å². The summed E-state index contributed by atoms with van der Waals surface area (Å²) in [5, 5.41) is 3.68. The first-order chi connectivity index (χ1) is 7.36. The fourth-order valence-electron chi connectivity index (χ4n) is 2.20. The monoisotopic (exact) mass is 230 g/mol. The van der Waals surface area contributed by atoms with Gasteiger partial charge in [-0.25, -0.2) is 0 Å². The molecule has 1 heterocycles.